The third-order valence-corrected chi connectivity index (χ3v) is 5.46. The zero-order valence-electron chi connectivity index (χ0n) is 17.6. The van der Waals surface area contributed by atoms with Crippen molar-refractivity contribution in [3.05, 3.63) is 41.9 Å². The molecular formula is C21H28N8O2. The number of ether oxygens (including phenoxy) is 2. The summed E-state index contributed by atoms with van der Waals surface area (Å²) in [6, 6.07) is 8.28. The number of morpholine rings is 1. The van der Waals surface area contributed by atoms with E-state index < -0.39 is 0 Å². The molecule has 2 aliphatic heterocycles. The second-order valence-electron chi connectivity index (χ2n) is 7.51. The Morgan fingerprint density at radius 3 is 2.87 bits per heavy atom. The van der Waals surface area contributed by atoms with Gasteiger partial charge in [-0.05, 0) is 6.07 Å². The van der Waals surface area contributed by atoms with Crippen molar-refractivity contribution < 1.29 is 9.47 Å². The number of hydrogen-bond acceptors (Lipinski definition) is 10. The Kier molecular flexibility index (Phi) is 7.11. The van der Waals surface area contributed by atoms with E-state index >= 15 is 0 Å². The molecule has 0 aliphatic carbocycles. The fourth-order valence-electron chi connectivity index (χ4n) is 3.79. The lowest BCUT2D eigenvalue weighted by molar-refractivity contribution is 0.0398. The smallest absolute Gasteiger partial charge is 0.158 e. The summed E-state index contributed by atoms with van der Waals surface area (Å²) in [5, 5.41) is 15.6. The first-order chi connectivity index (χ1) is 15.2. The van der Waals surface area contributed by atoms with Gasteiger partial charge in [-0.1, -0.05) is 6.07 Å². The minimum absolute atomic E-state index is 0.0248. The number of aromatic nitrogens is 2. The van der Waals surface area contributed by atoms with Crippen LogP contribution in [-0.4, -0.2) is 67.5 Å². The number of rotatable bonds is 8. The summed E-state index contributed by atoms with van der Waals surface area (Å²) in [5.74, 6) is 1.46. The number of benzene rings is 1. The molecule has 1 aromatic carbocycles. The number of methoxy groups -OCH3 is 1. The maximum absolute atomic E-state index is 8.83. The fraction of sp³-hybridized carbons (Fsp3) is 0.476. The molecule has 2 fully saturated rings. The van der Waals surface area contributed by atoms with Crippen LogP contribution >= 0.6 is 0 Å². The van der Waals surface area contributed by atoms with Crippen molar-refractivity contribution in [3.8, 4) is 11.8 Å². The molecule has 10 heteroatoms. The van der Waals surface area contributed by atoms with Crippen LogP contribution in [0.1, 0.15) is 23.7 Å². The Hall–Kier alpha value is -2.97. The summed E-state index contributed by atoms with van der Waals surface area (Å²) >= 11 is 0. The van der Waals surface area contributed by atoms with Crippen LogP contribution in [0.15, 0.2) is 30.6 Å². The minimum Gasteiger partial charge on any atom is -0.496 e. The van der Waals surface area contributed by atoms with Crippen LogP contribution in [0, 0.1) is 11.3 Å². The topological polar surface area (TPSA) is 119 Å². The summed E-state index contributed by atoms with van der Waals surface area (Å²) < 4.78 is 11.1. The number of nitrogens with zero attached hydrogens (tertiary/aromatic N) is 4. The summed E-state index contributed by atoms with van der Waals surface area (Å²) in [6.07, 6.45) is 3.78. The SMILES string of the molecule is COc1cc(NCCN2CCOCC2)ccc1C1CC(Nc2cnc(C#N)cn2)NN1. The van der Waals surface area contributed by atoms with Gasteiger partial charge in [0.05, 0.1) is 44.9 Å². The minimum atomic E-state index is -0.0248. The van der Waals surface area contributed by atoms with Gasteiger partial charge in [0.2, 0.25) is 0 Å². The van der Waals surface area contributed by atoms with Crippen LogP contribution in [0.2, 0.25) is 0 Å². The fourth-order valence-corrected chi connectivity index (χ4v) is 3.79. The van der Waals surface area contributed by atoms with Crippen molar-refractivity contribution in [1.29, 1.82) is 5.26 Å². The van der Waals surface area contributed by atoms with Crippen molar-refractivity contribution in [2.75, 3.05) is 57.1 Å². The molecule has 164 valence electrons. The van der Waals surface area contributed by atoms with E-state index in [1.54, 1.807) is 13.3 Å². The van der Waals surface area contributed by atoms with Gasteiger partial charge in [0.1, 0.15) is 17.6 Å². The van der Waals surface area contributed by atoms with Crippen molar-refractivity contribution in [2.45, 2.75) is 18.6 Å². The number of nitriles is 1. The molecule has 2 aromatic rings. The molecule has 0 spiro atoms. The van der Waals surface area contributed by atoms with Crippen LogP contribution in [-0.2, 0) is 4.74 Å². The molecule has 31 heavy (non-hydrogen) atoms. The highest BCUT2D eigenvalue weighted by molar-refractivity contribution is 5.53. The summed E-state index contributed by atoms with van der Waals surface area (Å²) in [5.41, 5.74) is 8.98. The molecule has 2 atom stereocenters. The third-order valence-electron chi connectivity index (χ3n) is 5.46. The molecule has 4 rings (SSSR count). The van der Waals surface area contributed by atoms with Crippen LogP contribution in [0.3, 0.4) is 0 Å². The quantitative estimate of drug-likeness (QED) is 0.490. The van der Waals surface area contributed by atoms with Gasteiger partial charge in [0, 0.05) is 49.9 Å². The standard InChI is InChI=1S/C21H28N8O2/c1-30-19-10-15(23-4-5-29-6-8-31-9-7-29)2-3-17(19)18-11-20(28-27-18)26-21-14-24-16(12-22)13-25-21/h2-3,10,13-14,18,20,23,27-28H,4-9,11H2,1H3,(H,25,26). The highest BCUT2D eigenvalue weighted by Gasteiger charge is 2.27. The molecule has 10 nitrogen and oxygen atoms in total. The van der Waals surface area contributed by atoms with Crippen LogP contribution in [0.25, 0.3) is 0 Å². The van der Waals surface area contributed by atoms with E-state index in [4.69, 9.17) is 14.7 Å². The van der Waals surface area contributed by atoms with Gasteiger partial charge in [-0.3, -0.25) is 4.90 Å². The van der Waals surface area contributed by atoms with E-state index in [0.29, 0.717) is 11.5 Å². The molecule has 0 amide bonds. The summed E-state index contributed by atoms with van der Waals surface area (Å²) in [6.45, 7) is 5.49. The highest BCUT2D eigenvalue weighted by Crippen LogP contribution is 2.32. The zero-order valence-corrected chi connectivity index (χ0v) is 17.6. The van der Waals surface area contributed by atoms with Crippen LogP contribution in [0.5, 0.6) is 5.75 Å². The van der Waals surface area contributed by atoms with Gasteiger partial charge in [-0.15, -0.1) is 0 Å². The lowest BCUT2D eigenvalue weighted by Gasteiger charge is -2.26. The molecule has 0 radical (unpaired) electrons. The lowest BCUT2D eigenvalue weighted by Crippen LogP contribution is -2.39. The number of hydrazine groups is 1. The molecule has 2 aliphatic rings. The Bertz CT molecular complexity index is 895. The van der Waals surface area contributed by atoms with Gasteiger partial charge in [0.25, 0.3) is 0 Å². The average Bonchev–Trinajstić information content (AvgIpc) is 3.28. The third kappa shape index (κ3) is 5.59. The number of nitrogens with one attached hydrogen (secondary N) is 4. The second kappa shape index (κ2) is 10.4. The Balaban J connectivity index is 1.31. The molecule has 2 saturated heterocycles. The Labute approximate surface area is 181 Å². The summed E-state index contributed by atoms with van der Waals surface area (Å²) in [4.78, 5) is 10.7. The molecule has 0 bridgehead atoms. The molecule has 2 unspecified atom stereocenters. The van der Waals surface area contributed by atoms with E-state index in [1.165, 1.54) is 6.20 Å². The van der Waals surface area contributed by atoms with Gasteiger partial charge in [0.15, 0.2) is 5.69 Å². The second-order valence-corrected chi connectivity index (χ2v) is 7.51. The number of anilines is 2. The molecule has 0 saturated carbocycles. The van der Waals surface area contributed by atoms with Gasteiger partial charge < -0.3 is 20.1 Å². The maximum atomic E-state index is 8.83. The predicted octanol–water partition coefficient (Wildman–Crippen LogP) is 1.08. The average molecular weight is 425 g/mol. The molecular weight excluding hydrogens is 396 g/mol. The first kappa shape index (κ1) is 21.3. The lowest BCUT2D eigenvalue weighted by atomic mass is 10.0. The molecule has 1 aromatic heterocycles. The maximum Gasteiger partial charge on any atom is 0.158 e. The van der Waals surface area contributed by atoms with Crippen molar-refractivity contribution in [3.63, 3.8) is 0 Å². The van der Waals surface area contributed by atoms with Crippen LogP contribution in [0.4, 0.5) is 11.5 Å². The largest absolute Gasteiger partial charge is 0.496 e. The number of hydrogen-bond donors (Lipinski definition) is 4. The normalized spacial score (nSPS) is 21.4. The predicted molar refractivity (Wildman–Crippen MR) is 117 cm³/mol. The monoisotopic (exact) mass is 424 g/mol. The van der Waals surface area contributed by atoms with E-state index in [9.17, 15) is 0 Å². The summed E-state index contributed by atoms with van der Waals surface area (Å²) in [7, 11) is 1.70. The van der Waals surface area contributed by atoms with Crippen molar-refractivity contribution >= 4 is 11.5 Å². The van der Waals surface area contributed by atoms with E-state index in [1.807, 2.05) is 12.1 Å². The van der Waals surface area contributed by atoms with E-state index in [2.05, 4.69) is 48.5 Å². The van der Waals surface area contributed by atoms with Gasteiger partial charge in [-0.2, -0.15) is 5.26 Å². The molecule has 4 N–H and O–H groups in total. The Morgan fingerprint density at radius 2 is 2.13 bits per heavy atom. The highest BCUT2D eigenvalue weighted by atomic mass is 16.5. The first-order valence-electron chi connectivity index (χ1n) is 10.5. The first-order valence-corrected chi connectivity index (χ1v) is 10.5. The van der Waals surface area contributed by atoms with Crippen LogP contribution < -0.4 is 26.2 Å². The molecule has 3 heterocycles. The zero-order chi connectivity index (χ0) is 21.5. The van der Waals surface area contributed by atoms with E-state index in [-0.39, 0.29) is 12.2 Å². The van der Waals surface area contributed by atoms with Crippen molar-refractivity contribution in [1.82, 2.24) is 25.7 Å². The van der Waals surface area contributed by atoms with Crippen molar-refractivity contribution in [2.24, 2.45) is 0 Å². The Morgan fingerprint density at radius 1 is 1.26 bits per heavy atom. The van der Waals surface area contributed by atoms with Gasteiger partial charge >= 0.3 is 0 Å². The van der Waals surface area contributed by atoms with E-state index in [0.717, 1.165) is 62.8 Å². The van der Waals surface area contributed by atoms with Gasteiger partial charge in [-0.25, -0.2) is 20.8 Å².